The third kappa shape index (κ3) is 4.87. The number of Topliss-reactive ketones (excluding diaryl/α,β-unsaturated/α-hetero) is 1. The van der Waals surface area contributed by atoms with E-state index in [9.17, 15) is 14.4 Å². The standard InChI is InChI=1S/C37H34N4O5/c1-39-22-27(21-38-39)23-6-9-34-31(17-23)33(42)20-37(46-34)11-14-40(15-12-37)35(43)26-18-30(24-4-3-5-25(16-24)36(44)45-2)29-10-13-41(28-7-8-28)32(29)19-26/h3-6,9-10,13,16-19,21-22,28H,7-8,11-12,14-15,20H2,1-2H3. The third-order valence-corrected chi connectivity index (χ3v) is 9.71. The van der Waals surface area contributed by atoms with Crippen LogP contribution in [-0.4, -0.2) is 62.7 Å². The smallest absolute Gasteiger partial charge is 0.337 e. The maximum absolute atomic E-state index is 14.1. The van der Waals surface area contributed by atoms with Crippen molar-refractivity contribution >= 4 is 28.6 Å². The molecule has 46 heavy (non-hydrogen) atoms. The number of likely N-dealkylation sites (tertiary alicyclic amines) is 1. The number of ketones is 1. The third-order valence-electron chi connectivity index (χ3n) is 9.71. The molecule has 2 fully saturated rings. The predicted molar refractivity (Wildman–Crippen MR) is 173 cm³/mol. The van der Waals surface area contributed by atoms with E-state index in [0.717, 1.165) is 46.0 Å². The molecule has 2 aromatic heterocycles. The van der Waals surface area contributed by atoms with E-state index in [1.165, 1.54) is 7.11 Å². The van der Waals surface area contributed by atoms with Crippen LogP contribution in [0.25, 0.3) is 33.2 Å². The quantitative estimate of drug-likeness (QED) is 0.211. The van der Waals surface area contributed by atoms with Crippen molar-refractivity contribution in [3.05, 3.63) is 95.9 Å². The Labute approximate surface area is 266 Å². The highest BCUT2D eigenvalue weighted by Gasteiger charge is 2.44. The molecular weight excluding hydrogens is 580 g/mol. The maximum Gasteiger partial charge on any atom is 0.337 e. The van der Waals surface area contributed by atoms with Gasteiger partial charge in [-0.2, -0.15) is 5.10 Å². The van der Waals surface area contributed by atoms with Crippen LogP contribution in [0.1, 0.15) is 69.2 Å². The molecule has 8 rings (SSSR count). The first-order valence-electron chi connectivity index (χ1n) is 15.8. The fourth-order valence-corrected chi connectivity index (χ4v) is 7.05. The fraction of sp³-hybridized carbons (Fsp3) is 0.297. The maximum atomic E-state index is 14.1. The van der Waals surface area contributed by atoms with Crippen LogP contribution in [0.5, 0.6) is 5.75 Å². The molecule has 2 aliphatic heterocycles. The molecule has 1 amide bonds. The van der Waals surface area contributed by atoms with E-state index in [-0.39, 0.29) is 11.7 Å². The molecule has 4 heterocycles. The summed E-state index contributed by atoms with van der Waals surface area (Å²) in [6, 6.07) is 19.6. The largest absolute Gasteiger partial charge is 0.486 e. The van der Waals surface area contributed by atoms with Crippen LogP contribution in [0.4, 0.5) is 0 Å². The molecule has 1 saturated carbocycles. The van der Waals surface area contributed by atoms with E-state index in [1.54, 1.807) is 16.9 Å². The molecule has 0 N–H and O–H groups in total. The number of carbonyl (C=O) groups excluding carboxylic acids is 3. The van der Waals surface area contributed by atoms with Gasteiger partial charge in [-0.25, -0.2) is 4.79 Å². The molecule has 3 aromatic carbocycles. The number of aromatic nitrogens is 3. The molecule has 9 nitrogen and oxygen atoms in total. The van der Waals surface area contributed by atoms with Gasteiger partial charge in [0, 0.05) is 73.4 Å². The van der Waals surface area contributed by atoms with Crippen LogP contribution in [-0.2, 0) is 11.8 Å². The number of rotatable bonds is 5. The van der Waals surface area contributed by atoms with E-state index in [0.29, 0.717) is 60.8 Å². The Morgan fingerprint density at radius 1 is 0.935 bits per heavy atom. The molecule has 0 unspecified atom stereocenters. The van der Waals surface area contributed by atoms with E-state index in [4.69, 9.17) is 9.47 Å². The first-order chi connectivity index (χ1) is 22.3. The van der Waals surface area contributed by atoms with Crippen LogP contribution in [0.2, 0.25) is 0 Å². The number of esters is 1. The van der Waals surface area contributed by atoms with Gasteiger partial charge in [0.1, 0.15) is 11.4 Å². The minimum absolute atomic E-state index is 0.0469. The second-order valence-electron chi connectivity index (χ2n) is 12.8. The highest BCUT2D eigenvalue weighted by atomic mass is 16.5. The van der Waals surface area contributed by atoms with Crippen molar-refractivity contribution < 1.29 is 23.9 Å². The average Bonchev–Trinajstić information content (AvgIpc) is 3.68. The van der Waals surface area contributed by atoms with Gasteiger partial charge in [0.15, 0.2) is 5.78 Å². The normalized spacial score (nSPS) is 17.2. The summed E-state index contributed by atoms with van der Waals surface area (Å²) in [6.45, 7) is 0.980. The molecule has 1 spiro atoms. The molecule has 0 atom stereocenters. The summed E-state index contributed by atoms with van der Waals surface area (Å²) >= 11 is 0. The number of nitrogens with zero attached hydrogens (tertiary/aromatic N) is 4. The Balaban J connectivity index is 1.06. The highest BCUT2D eigenvalue weighted by Crippen LogP contribution is 2.43. The van der Waals surface area contributed by atoms with Gasteiger partial charge in [-0.15, -0.1) is 0 Å². The second kappa shape index (κ2) is 10.7. The minimum atomic E-state index is -0.624. The monoisotopic (exact) mass is 614 g/mol. The summed E-state index contributed by atoms with van der Waals surface area (Å²) in [5, 5.41) is 5.29. The summed E-state index contributed by atoms with van der Waals surface area (Å²) in [4.78, 5) is 41.7. The van der Waals surface area contributed by atoms with Crippen molar-refractivity contribution in [3.8, 4) is 28.0 Å². The van der Waals surface area contributed by atoms with Crippen molar-refractivity contribution in [3.63, 3.8) is 0 Å². The van der Waals surface area contributed by atoms with E-state index in [2.05, 4.69) is 21.9 Å². The van der Waals surface area contributed by atoms with Crippen molar-refractivity contribution in [2.45, 2.75) is 43.7 Å². The Kier molecular flexibility index (Phi) is 6.60. The van der Waals surface area contributed by atoms with Gasteiger partial charge in [0.25, 0.3) is 5.91 Å². The zero-order chi connectivity index (χ0) is 31.6. The molecular formula is C37H34N4O5. The fourth-order valence-electron chi connectivity index (χ4n) is 7.05. The van der Waals surface area contributed by atoms with Gasteiger partial charge < -0.3 is 18.9 Å². The first kappa shape index (κ1) is 28.3. The lowest BCUT2D eigenvalue weighted by Gasteiger charge is -2.44. The van der Waals surface area contributed by atoms with Gasteiger partial charge in [0.05, 0.1) is 30.9 Å². The topological polar surface area (TPSA) is 95.7 Å². The van der Waals surface area contributed by atoms with Crippen LogP contribution in [0, 0.1) is 0 Å². The molecule has 1 aliphatic carbocycles. The van der Waals surface area contributed by atoms with Crippen LogP contribution in [0.15, 0.2) is 79.3 Å². The zero-order valence-electron chi connectivity index (χ0n) is 25.9. The van der Waals surface area contributed by atoms with E-state index >= 15 is 0 Å². The summed E-state index contributed by atoms with van der Waals surface area (Å²) in [6.07, 6.45) is 9.49. The van der Waals surface area contributed by atoms with Gasteiger partial charge in [-0.1, -0.05) is 18.2 Å². The van der Waals surface area contributed by atoms with Gasteiger partial charge in [-0.05, 0) is 72.0 Å². The average molecular weight is 615 g/mol. The van der Waals surface area contributed by atoms with Crippen LogP contribution >= 0.6 is 0 Å². The Bertz CT molecular complexity index is 2040. The molecule has 9 heteroatoms. The lowest BCUT2D eigenvalue weighted by atomic mass is 9.82. The number of carbonyl (C=O) groups is 3. The number of ether oxygens (including phenoxy) is 2. The van der Waals surface area contributed by atoms with Gasteiger partial charge in [0.2, 0.25) is 0 Å². The molecule has 0 radical (unpaired) electrons. The first-order valence-corrected chi connectivity index (χ1v) is 15.8. The highest BCUT2D eigenvalue weighted by molar-refractivity contribution is 6.05. The number of fused-ring (bicyclic) bond motifs is 2. The lowest BCUT2D eigenvalue weighted by molar-refractivity contribution is -0.00571. The summed E-state index contributed by atoms with van der Waals surface area (Å²) in [7, 11) is 3.24. The number of aryl methyl sites for hydroxylation is 1. The Morgan fingerprint density at radius 3 is 2.50 bits per heavy atom. The predicted octanol–water partition coefficient (Wildman–Crippen LogP) is 6.47. The number of hydrogen-bond donors (Lipinski definition) is 0. The number of piperidine rings is 1. The van der Waals surface area contributed by atoms with Crippen molar-refractivity contribution in [1.82, 2.24) is 19.2 Å². The lowest BCUT2D eigenvalue weighted by Crippen LogP contribution is -2.52. The van der Waals surface area contributed by atoms with Gasteiger partial charge in [-0.3, -0.25) is 14.3 Å². The molecule has 5 aromatic rings. The van der Waals surface area contributed by atoms with E-state index < -0.39 is 11.6 Å². The number of methoxy groups -OCH3 is 1. The number of hydrogen-bond acceptors (Lipinski definition) is 6. The van der Waals surface area contributed by atoms with Crippen LogP contribution in [0.3, 0.4) is 0 Å². The molecule has 3 aliphatic rings. The SMILES string of the molecule is COC(=O)c1cccc(-c2cc(C(=O)N3CCC4(CC3)CC(=O)c3cc(-c5cnn(C)c5)ccc3O4)cc3c2ccn3C2CC2)c1. The zero-order valence-corrected chi connectivity index (χ0v) is 25.9. The van der Waals surface area contributed by atoms with Gasteiger partial charge >= 0.3 is 5.97 Å². The molecule has 232 valence electrons. The van der Waals surface area contributed by atoms with E-state index in [1.807, 2.05) is 66.7 Å². The van der Waals surface area contributed by atoms with Crippen molar-refractivity contribution in [1.29, 1.82) is 0 Å². The Morgan fingerprint density at radius 2 is 1.76 bits per heavy atom. The Hall–Kier alpha value is -5.18. The van der Waals surface area contributed by atoms with Crippen molar-refractivity contribution in [2.75, 3.05) is 20.2 Å². The number of amides is 1. The minimum Gasteiger partial charge on any atom is -0.486 e. The number of benzene rings is 3. The molecule has 1 saturated heterocycles. The van der Waals surface area contributed by atoms with Crippen LogP contribution < -0.4 is 4.74 Å². The summed E-state index contributed by atoms with van der Waals surface area (Å²) in [5.41, 5.74) is 5.71. The summed E-state index contributed by atoms with van der Waals surface area (Å²) < 4.78 is 15.5. The van der Waals surface area contributed by atoms with Crippen molar-refractivity contribution in [2.24, 2.45) is 7.05 Å². The second-order valence-corrected chi connectivity index (χ2v) is 12.8. The molecule has 0 bridgehead atoms. The summed E-state index contributed by atoms with van der Waals surface area (Å²) in [5.74, 6) is 0.225.